The van der Waals surface area contributed by atoms with Gasteiger partial charge in [-0.2, -0.15) is 5.26 Å². The fourth-order valence-electron chi connectivity index (χ4n) is 1.71. The zero-order valence-electron chi connectivity index (χ0n) is 12.1. The van der Waals surface area contributed by atoms with Gasteiger partial charge in [-0.05, 0) is 32.0 Å². The van der Waals surface area contributed by atoms with Crippen LogP contribution in [0.15, 0.2) is 29.2 Å². The average Bonchev–Trinajstić information content (AvgIpc) is 2.50. The van der Waals surface area contributed by atoms with E-state index in [1.807, 2.05) is 38.1 Å². The molecule has 0 fully saturated rings. The second kappa shape index (κ2) is 8.49. The Bertz CT molecular complexity index is 485. The summed E-state index contributed by atoms with van der Waals surface area (Å²) >= 11 is 1.48. The maximum atomic E-state index is 12.1. The van der Waals surface area contributed by atoms with Crippen LogP contribution in [0.4, 0.5) is 0 Å². The number of amides is 1. The highest BCUT2D eigenvalue weighted by atomic mass is 32.2. The molecule has 0 aliphatic rings. The number of hydrogen-bond acceptors (Lipinski definition) is 4. The molecule has 0 aromatic heterocycles. The van der Waals surface area contributed by atoms with Crippen molar-refractivity contribution in [1.82, 2.24) is 4.90 Å². The summed E-state index contributed by atoms with van der Waals surface area (Å²) in [6.45, 7) is 4.87. The van der Waals surface area contributed by atoms with Crippen molar-refractivity contribution < 1.29 is 9.53 Å². The Balaban J connectivity index is 2.54. The van der Waals surface area contributed by atoms with Gasteiger partial charge in [0.25, 0.3) is 0 Å². The van der Waals surface area contributed by atoms with Crippen LogP contribution >= 0.6 is 11.8 Å². The molecule has 1 rings (SSSR count). The van der Waals surface area contributed by atoms with E-state index in [0.717, 1.165) is 10.6 Å². The summed E-state index contributed by atoms with van der Waals surface area (Å²) < 4.78 is 5.15. The van der Waals surface area contributed by atoms with Gasteiger partial charge in [0.1, 0.15) is 5.75 Å². The summed E-state index contributed by atoms with van der Waals surface area (Å²) in [5, 5.41) is 8.82. The molecule has 0 saturated heterocycles. The van der Waals surface area contributed by atoms with E-state index >= 15 is 0 Å². The molecule has 0 aliphatic heterocycles. The molecule has 0 bridgehead atoms. The molecular formula is C15H20N2O2S. The molecule has 0 spiro atoms. The van der Waals surface area contributed by atoms with Crippen molar-refractivity contribution in [3.05, 3.63) is 24.3 Å². The minimum atomic E-state index is -0.138. The van der Waals surface area contributed by atoms with Gasteiger partial charge in [-0.3, -0.25) is 4.79 Å². The van der Waals surface area contributed by atoms with Gasteiger partial charge in [0.2, 0.25) is 5.91 Å². The van der Waals surface area contributed by atoms with Crippen molar-refractivity contribution in [2.24, 2.45) is 5.92 Å². The standard InChI is InChI=1S/C15H20N2O2S/c1-4-17(10-12(2)9-16)15(18)11-20-14-7-5-6-13(8-14)19-3/h5-8,12H,4,10-11H2,1-3H3/t12-/m1/s1. The van der Waals surface area contributed by atoms with Crippen LogP contribution in [-0.4, -0.2) is 36.8 Å². The molecule has 108 valence electrons. The number of benzene rings is 1. The van der Waals surface area contributed by atoms with Crippen molar-refractivity contribution in [3.8, 4) is 11.8 Å². The molecule has 0 saturated carbocycles. The second-order valence-corrected chi connectivity index (χ2v) is 5.48. The normalized spacial score (nSPS) is 11.5. The SMILES string of the molecule is CCN(C[C@H](C)C#N)C(=O)CSc1cccc(OC)c1. The summed E-state index contributed by atoms with van der Waals surface area (Å²) in [6, 6.07) is 9.80. The molecule has 0 unspecified atom stereocenters. The zero-order chi connectivity index (χ0) is 15.0. The van der Waals surface area contributed by atoms with Crippen LogP contribution in [0.2, 0.25) is 0 Å². The van der Waals surface area contributed by atoms with Crippen LogP contribution in [-0.2, 0) is 4.79 Å². The van der Waals surface area contributed by atoms with Crippen LogP contribution in [0.3, 0.4) is 0 Å². The Kier molecular flexibility index (Phi) is 6.96. The molecule has 4 nitrogen and oxygen atoms in total. The molecule has 20 heavy (non-hydrogen) atoms. The number of carbonyl (C=O) groups excluding carboxylic acids is 1. The van der Waals surface area contributed by atoms with Crippen molar-refractivity contribution in [3.63, 3.8) is 0 Å². The van der Waals surface area contributed by atoms with Gasteiger partial charge in [-0.1, -0.05) is 6.07 Å². The number of thioether (sulfide) groups is 1. The number of ether oxygens (including phenoxy) is 1. The van der Waals surface area contributed by atoms with Crippen LogP contribution in [0.1, 0.15) is 13.8 Å². The lowest BCUT2D eigenvalue weighted by Gasteiger charge is -2.21. The van der Waals surface area contributed by atoms with E-state index in [2.05, 4.69) is 6.07 Å². The van der Waals surface area contributed by atoms with Crippen LogP contribution in [0.5, 0.6) is 5.75 Å². The van der Waals surface area contributed by atoms with Crippen molar-refractivity contribution in [2.75, 3.05) is 26.0 Å². The number of nitrogens with zero attached hydrogens (tertiary/aromatic N) is 2. The molecule has 1 aromatic rings. The second-order valence-electron chi connectivity index (χ2n) is 4.43. The van der Waals surface area contributed by atoms with E-state index in [-0.39, 0.29) is 11.8 Å². The highest BCUT2D eigenvalue weighted by Gasteiger charge is 2.14. The van der Waals surface area contributed by atoms with E-state index in [1.54, 1.807) is 12.0 Å². The van der Waals surface area contributed by atoms with Gasteiger partial charge in [0.15, 0.2) is 0 Å². The lowest BCUT2D eigenvalue weighted by molar-refractivity contribution is -0.128. The van der Waals surface area contributed by atoms with Gasteiger partial charge in [-0.25, -0.2) is 0 Å². The van der Waals surface area contributed by atoms with Gasteiger partial charge in [0.05, 0.1) is 24.8 Å². The first kappa shape index (κ1) is 16.4. The number of rotatable bonds is 7. The molecular weight excluding hydrogens is 272 g/mol. The summed E-state index contributed by atoms with van der Waals surface area (Å²) in [5.41, 5.74) is 0. The predicted octanol–water partition coefficient (Wildman–Crippen LogP) is 2.80. The molecule has 0 heterocycles. The Labute approximate surface area is 124 Å². The number of nitriles is 1. The smallest absolute Gasteiger partial charge is 0.232 e. The molecule has 1 amide bonds. The molecule has 0 aliphatic carbocycles. The molecule has 5 heteroatoms. The van der Waals surface area contributed by atoms with Crippen molar-refractivity contribution >= 4 is 17.7 Å². The molecule has 1 aromatic carbocycles. The molecule has 1 atom stereocenters. The monoisotopic (exact) mass is 292 g/mol. The van der Waals surface area contributed by atoms with E-state index in [4.69, 9.17) is 10.00 Å². The third-order valence-corrected chi connectivity index (χ3v) is 3.83. The summed E-state index contributed by atoms with van der Waals surface area (Å²) in [6.07, 6.45) is 0. The van der Waals surface area contributed by atoms with Gasteiger partial charge >= 0.3 is 0 Å². The number of methoxy groups -OCH3 is 1. The lowest BCUT2D eigenvalue weighted by atomic mass is 10.2. The van der Waals surface area contributed by atoms with Gasteiger partial charge in [-0.15, -0.1) is 11.8 Å². The van der Waals surface area contributed by atoms with E-state index < -0.39 is 0 Å². The maximum absolute atomic E-state index is 12.1. The topological polar surface area (TPSA) is 53.3 Å². The van der Waals surface area contributed by atoms with Crippen LogP contribution in [0.25, 0.3) is 0 Å². The van der Waals surface area contributed by atoms with Gasteiger partial charge in [0, 0.05) is 18.0 Å². The molecule has 0 N–H and O–H groups in total. The molecule has 0 radical (unpaired) electrons. The third-order valence-electron chi connectivity index (χ3n) is 2.85. The minimum Gasteiger partial charge on any atom is -0.497 e. The van der Waals surface area contributed by atoms with E-state index in [1.165, 1.54) is 11.8 Å². The number of hydrogen-bond donors (Lipinski definition) is 0. The minimum absolute atomic E-state index is 0.0578. The predicted molar refractivity (Wildman–Crippen MR) is 80.7 cm³/mol. The van der Waals surface area contributed by atoms with E-state index in [0.29, 0.717) is 18.8 Å². The first-order valence-electron chi connectivity index (χ1n) is 6.55. The Morgan fingerprint density at radius 1 is 1.55 bits per heavy atom. The first-order valence-corrected chi connectivity index (χ1v) is 7.53. The van der Waals surface area contributed by atoms with E-state index in [9.17, 15) is 4.79 Å². The Hall–Kier alpha value is -1.67. The zero-order valence-corrected chi connectivity index (χ0v) is 12.9. The summed E-state index contributed by atoms with van der Waals surface area (Å²) in [7, 11) is 1.62. The fraction of sp³-hybridized carbons (Fsp3) is 0.467. The van der Waals surface area contributed by atoms with Crippen molar-refractivity contribution in [1.29, 1.82) is 5.26 Å². The first-order chi connectivity index (χ1) is 9.60. The van der Waals surface area contributed by atoms with Gasteiger partial charge < -0.3 is 9.64 Å². The fourth-order valence-corrected chi connectivity index (χ4v) is 2.55. The average molecular weight is 292 g/mol. The van der Waals surface area contributed by atoms with Crippen molar-refractivity contribution in [2.45, 2.75) is 18.7 Å². The Morgan fingerprint density at radius 2 is 2.30 bits per heavy atom. The summed E-state index contributed by atoms with van der Waals surface area (Å²) in [5.74, 6) is 1.08. The van der Waals surface area contributed by atoms with Crippen LogP contribution in [0, 0.1) is 17.2 Å². The summed E-state index contributed by atoms with van der Waals surface area (Å²) in [4.78, 5) is 14.8. The highest BCUT2D eigenvalue weighted by molar-refractivity contribution is 8.00. The largest absolute Gasteiger partial charge is 0.497 e. The number of carbonyl (C=O) groups is 1. The van der Waals surface area contributed by atoms with Crippen LogP contribution < -0.4 is 4.74 Å². The highest BCUT2D eigenvalue weighted by Crippen LogP contribution is 2.23. The Morgan fingerprint density at radius 3 is 2.90 bits per heavy atom. The third kappa shape index (κ3) is 5.14. The lowest BCUT2D eigenvalue weighted by Crippen LogP contribution is -2.35. The quantitative estimate of drug-likeness (QED) is 0.725. The maximum Gasteiger partial charge on any atom is 0.232 e.